The Morgan fingerprint density at radius 3 is 2.61 bits per heavy atom. The molecule has 1 saturated carbocycles. The first kappa shape index (κ1) is 16.5. The predicted octanol–water partition coefficient (Wildman–Crippen LogP) is 3.57. The molecule has 0 bridgehead atoms. The van der Waals surface area contributed by atoms with Crippen LogP contribution in [-0.2, 0) is 4.74 Å². The van der Waals surface area contributed by atoms with Crippen molar-refractivity contribution in [1.29, 1.82) is 0 Å². The number of aromatic nitrogens is 1. The Balaban J connectivity index is 1.74. The second-order valence-electron chi connectivity index (χ2n) is 7.24. The summed E-state index contributed by atoms with van der Waals surface area (Å²) >= 11 is 3.23. The van der Waals surface area contributed by atoms with Gasteiger partial charge in [0, 0.05) is 31.8 Å². The molecule has 1 saturated heterocycles. The smallest absolute Gasteiger partial charge is 0.410 e. The van der Waals surface area contributed by atoms with Gasteiger partial charge in [-0.2, -0.15) is 0 Å². The molecular weight excluding hydrogens is 365 g/mol. The van der Waals surface area contributed by atoms with E-state index < -0.39 is 5.60 Å². The average Bonchev–Trinajstić information content (AvgIpc) is 3.15. The second-order valence-corrected chi connectivity index (χ2v) is 8.06. The molecule has 0 N–H and O–H groups in total. The molecule has 0 atom stereocenters. The molecule has 1 aliphatic heterocycles. The highest BCUT2D eigenvalue weighted by Crippen LogP contribution is 2.45. The molecule has 126 valence electrons. The van der Waals surface area contributed by atoms with Crippen LogP contribution in [0.25, 0.3) is 0 Å². The largest absolute Gasteiger partial charge is 0.444 e. The Labute approximate surface area is 143 Å². The summed E-state index contributed by atoms with van der Waals surface area (Å²) in [6.45, 7) is 7.45. The molecular formula is C16H21BrFN3O2. The van der Waals surface area contributed by atoms with E-state index in [2.05, 4.69) is 20.9 Å². The molecule has 1 aromatic rings. The number of piperazine rings is 1. The van der Waals surface area contributed by atoms with Crippen molar-refractivity contribution in [2.45, 2.75) is 44.8 Å². The van der Waals surface area contributed by atoms with E-state index in [1.807, 2.05) is 30.6 Å². The van der Waals surface area contributed by atoms with Crippen LogP contribution in [-0.4, -0.2) is 46.8 Å². The minimum Gasteiger partial charge on any atom is -0.444 e. The van der Waals surface area contributed by atoms with Gasteiger partial charge in [-0.1, -0.05) is 0 Å². The lowest BCUT2D eigenvalue weighted by molar-refractivity contribution is 0.0106. The normalized spacial score (nSPS) is 19.9. The molecule has 2 fully saturated rings. The lowest BCUT2D eigenvalue weighted by Gasteiger charge is -2.42. The Kier molecular flexibility index (Phi) is 4.02. The molecule has 23 heavy (non-hydrogen) atoms. The Bertz CT molecular complexity index is 608. The molecule has 0 aromatic carbocycles. The number of halogens is 2. The molecule has 2 aliphatic rings. The fraction of sp³-hybridized carbons (Fsp3) is 0.625. The van der Waals surface area contributed by atoms with E-state index in [4.69, 9.17) is 4.74 Å². The van der Waals surface area contributed by atoms with Crippen LogP contribution in [0.5, 0.6) is 0 Å². The van der Waals surface area contributed by atoms with Crippen molar-refractivity contribution >= 4 is 27.8 Å². The highest BCUT2D eigenvalue weighted by molar-refractivity contribution is 9.10. The summed E-state index contributed by atoms with van der Waals surface area (Å²) in [5.41, 5.74) is -0.694. The lowest BCUT2D eigenvalue weighted by atomic mass is 10.1. The third-order valence-electron chi connectivity index (χ3n) is 4.16. The number of ether oxygens (including phenoxy) is 1. The van der Waals surface area contributed by atoms with Crippen LogP contribution >= 0.6 is 15.9 Å². The van der Waals surface area contributed by atoms with Crippen molar-refractivity contribution in [2.24, 2.45) is 0 Å². The molecule has 1 amide bonds. The highest BCUT2D eigenvalue weighted by Gasteiger charge is 2.54. The number of pyridine rings is 1. The summed E-state index contributed by atoms with van der Waals surface area (Å²) in [6, 6.07) is 2.78. The van der Waals surface area contributed by atoms with Gasteiger partial charge in [-0.25, -0.2) is 14.2 Å². The zero-order chi connectivity index (χ0) is 16.8. The number of anilines is 1. The molecule has 1 aromatic heterocycles. The first-order valence-electron chi connectivity index (χ1n) is 7.77. The summed E-state index contributed by atoms with van der Waals surface area (Å²) in [4.78, 5) is 20.7. The van der Waals surface area contributed by atoms with Crippen LogP contribution < -0.4 is 4.90 Å². The van der Waals surface area contributed by atoms with E-state index in [1.165, 1.54) is 12.1 Å². The molecule has 1 aliphatic carbocycles. The number of hydrogen-bond acceptors (Lipinski definition) is 4. The summed E-state index contributed by atoms with van der Waals surface area (Å²) in [5.74, 6) is 0.285. The van der Waals surface area contributed by atoms with Crippen molar-refractivity contribution in [2.75, 3.05) is 24.5 Å². The van der Waals surface area contributed by atoms with Gasteiger partial charge in [-0.05, 0) is 49.5 Å². The maximum Gasteiger partial charge on any atom is 0.410 e. The quantitative estimate of drug-likeness (QED) is 0.693. The van der Waals surface area contributed by atoms with Gasteiger partial charge < -0.3 is 9.64 Å². The summed E-state index contributed by atoms with van der Waals surface area (Å²) in [6.07, 6.45) is 1.63. The molecule has 2 heterocycles. The Morgan fingerprint density at radius 1 is 1.35 bits per heavy atom. The first-order chi connectivity index (χ1) is 10.7. The van der Waals surface area contributed by atoms with Crippen LogP contribution in [0.1, 0.15) is 33.6 Å². The number of amides is 1. The standard InChI is InChI=1S/C16H21BrFN3O2/c1-15(2,3)23-14(22)21-7-6-20(10-16(21)4-5-16)13-9-11(18)8-12(17)19-13/h8-9H,4-7,10H2,1-3H3. The van der Waals surface area contributed by atoms with E-state index in [0.717, 1.165) is 12.8 Å². The fourth-order valence-corrected chi connectivity index (χ4v) is 3.36. The van der Waals surface area contributed by atoms with Crippen LogP contribution in [0.4, 0.5) is 15.0 Å². The topological polar surface area (TPSA) is 45.7 Å². The monoisotopic (exact) mass is 385 g/mol. The van der Waals surface area contributed by atoms with Gasteiger partial charge in [0.25, 0.3) is 0 Å². The molecule has 5 nitrogen and oxygen atoms in total. The number of carbonyl (C=O) groups is 1. The minimum absolute atomic E-state index is 0.193. The highest BCUT2D eigenvalue weighted by atomic mass is 79.9. The van der Waals surface area contributed by atoms with Gasteiger partial charge in [-0.15, -0.1) is 0 Å². The zero-order valence-electron chi connectivity index (χ0n) is 13.6. The summed E-state index contributed by atoms with van der Waals surface area (Å²) in [7, 11) is 0. The van der Waals surface area contributed by atoms with Crippen molar-refractivity contribution in [1.82, 2.24) is 9.88 Å². The number of hydrogen-bond donors (Lipinski definition) is 0. The van der Waals surface area contributed by atoms with Crippen LogP contribution in [0, 0.1) is 5.82 Å². The lowest BCUT2D eigenvalue weighted by Crippen LogP contribution is -2.58. The number of rotatable bonds is 1. The first-order valence-corrected chi connectivity index (χ1v) is 8.57. The van der Waals surface area contributed by atoms with Gasteiger partial charge in [-0.3, -0.25) is 4.90 Å². The Morgan fingerprint density at radius 2 is 2.04 bits per heavy atom. The van der Waals surface area contributed by atoms with Crippen molar-refractivity contribution in [3.8, 4) is 0 Å². The molecule has 0 radical (unpaired) electrons. The van der Waals surface area contributed by atoms with Gasteiger partial charge in [0.1, 0.15) is 21.8 Å². The van der Waals surface area contributed by atoms with Crippen LogP contribution in [0.2, 0.25) is 0 Å². The van der Waals surface area contributed by atoms with E-state index in [1.54, 1.807) is 0 Å². The van der Waals surface area contributed by atoms with Gasteiger partial charge in [0.15, 0.2) is 0 Å². The maximum atomic E-state index is 13.6. The minimum atomic E-state index is -0.501. The van der Waals surface area contributed by atoms with E-state index >= 15 is 0 Å². The Hall–Kier alpha value is -1.37. The number of carbonyl (C=O) groups excluding carboxylic acids is 1. The summed E-state index contributed by atoms with van der Waals surface area (Å²) < 4.78 is 19.6. The van der Waals surface area contributed by atoms with Crippen molar-refractivity contribution < 1.29 is 13.9 Å². The SMILES string of the molecule is CC(C)(C)OC(=O)N1CCN(c2cc(F)cc(Br)n2)CC12CC2. The van der Waals surface area contributed by atoms with Gasteiger partial charge in [0.2, 0.25) is 0 Å². The summed E-state index contributed by atoms with van der Waals surface area (Å²) in [5, 5.41) is 0. The predicted molar refractivity (Wildman–Crippen MR) is 89.0 cm³/mol. The molecule has 1 spiro atoms. The fourth-order valence-electron chi connectivity index (χ4n) is 2.96. The third kappa shape index (κ3) is 3.59. The van der Waals surface area contributed by atoms with Gasteiger partial charge >= 0.3 is 6.09 Å². The average molecular weight is 386 g/mol. The molecule has 0 unspecified atom stereocenters. The van der Waals surface area contributed by atoms with Crippen LogP contribution in [0.3, 0.4) is 0 Å². The van der Waals surface area contributed by atoms with Crippen molar-refractivity contribution in [3.05, 3.63) is 22.6 Å². The van der Waals surface area contributed by atoms with E-state index in [-0.39, 0.29) is 17.4 Å². The van der Waals surface area contributed by atoms with Crippen molar-refractivity contribution in [3.63, 3.8) is 0 Å². The molecule has 7 heteroatoms. The molecule has 3 rings (SSSR count). The van der Waals surface area contributed by atoms with E-state index in [0.29, 0.717) is 30.1 Å². The zero-order valence-corrected chi connectivity index (χ0v) is 15.2. The van der Waals surface area contributed by atoms with E-state index in [9.17, 15) is 9.18 Å². The van der Waals surface area contributed by atoms with Crippen LogP contribution in [0.15, 0.2) is 16.7 Å². The third-order valence-corrected chi connectivity index (χ3v) is 4.57. The van der Waals surface area contributed by atoms with Gasteiger partial charge in [0.05, 0.1) is 5.54 Å². The second kappa shape index (κ2) is 5.61. The number of nitrogens with zero attached hydrogens (tertiary/aromatic N) is 3. The maximum absolute atomic E-state index is 13.6.